The zero-order valence-electron chi connectivity index (χ0n) is 38.1. The Kier molecular flexibility index (Phi) is 23.7. The molecule has 0 spiro atoms. The zero-order valence-corrected chi connectivity index (χ0v) is 38.1. The van der Waals surface area contributed by atoms with Gasteiger partial charge < -0.3 is 36.1 Å². The van der Waals surface area contributed by atoms with Crippen LogP contribution in [0.2, 0.25) is 0 Å². The van der Waals surface area contributed by atoms with Crippen molar-refractivity contribution < 1.29 is 43.0 Å². The molecule has 1 aliphatic heterocycles. The number of unbranched alkanes of at least 4 members (excludes halogenated alkanes) is 1. The number of esters is 1. The number of likely N-dealkylation sites (N-methyl/N-ethyl adjacent to an activating group) is 1. The van der Waals surface area contributed by atoms with Gasteiger partial charge in [0.15, 0.2) is 11.4 Å². The fourth-order valence-corrected chi connectivity index (χ4v) is 6.63. The van der Waals surface area contributed by atoms with E-state index < -0.39 is 53.7 Å². The number of ketones is 1. The number of aromatic nitrogens is 3. The smallest absolute Gasteiger partial charge is 0.307 e. The molecule has 5 amide bonds. The first-order valence-corrected chi connectivity index (χ1v) is 21.9. The molecular formula is C42H74N10O9. The van der Waals surface area contributed by atoms with Gasteiger partial charge in [-0.05, 0) is 58.4 Å². The molecule has 19 heteroatoms. The molecule has 0 radical (unpaired) electrons. The van der Waals surface area contributed by atoms with Crippen LogP contribution < -0.4 is 26.6 Å². The molecule has 0 bridgehead atoms. The Morgan fingerprint density at radius 3 is 2.10 bits per heavy atom. The normalized spacial score (nSPS) is 15.7. The van der Waals surface area contributed by atoms with Crippen LogP contribution in [0.25, 0.3) is 0 Å². The average Bonchev–Trinajstić information content (AvgIpc) is 3.68. The molecule has 1 fully saturated rings. The van der Waals surface area contributed by atoms with Crippen molar-refractivity contribution in [2.45, 2.75) is 137 Å². The predicted octanol–water partition coefficient (Wildman–Crippen LogP) is 1.26. The van der Waals surface area contributed by atoms with Gasteiger partial charge in [0.25, 0.3) is 0 Å². The van der Waals surface area contributed by atoms with Crippen molar-refractivity contribution in [3.05, 3.63) is 11.9 Å². The van der Waals surface area contributed by atoms with Crippen LogP contribution in [0.4, 0.5) is 0 Å². The summed E-state index contributed by atoms with van der Waals surface area (Å²) in [7, 11) is 1.92. The second-order valence-corrected chi connectivity index (χ2v) is 17.1. The van der Waals surface area contributed by atoms with Gasteiger partial charge in [0.1, 0.15) is 6.04 Å². The number of carbonyl (C=O) groups is 7. The second-order valence-electron chi connectivity index (χ2n) is 17.1. The van der Waals surface area contributed by atoms with E-state index in [4.69, 9.17) is 9.47 Å². The number of amides is 5. The summed E-state index contributed by atoms with van der Waals surface area (Å²) in [6.07, 6.45) is 5.49. The topological polar surface area (TPSA) is 235 Å². The zero-order chi connectivity index (χ0) is 45.5. The van der Waals surface area contributed by atoms with Gasteiger partial charge >= 0.3 is 5.97 Å². The van der Waals surface area contributed by atoms with E-state index in [1.807, 2.05) is 55.4 Å². The summed E-state index contributed by atoms with van der Waals surface area (Å²) in [5, 5.41) is 21.8. The first-order valence-electron chi connectivity index (χ1n) is 21.9. The van der Waals surface area contributed by atoms with Gasteiger partial charge in [-0.2, -0.15) is 0 Å². The summed E-state index contributed by atoms with van der Waals surface area (Å²) in [5.74, 6) is -3.71. The standard InChI is InChI=1S/C42H74N10O9/c1-10-12-13-31(7)52-27-32(48-49-52)26-50(9)17-16-43-35(53)14-15-39(57)61-42(8,11-2)40(58)33(22-29(3)4)46-37(55)25-45-41(59)34(23-30(5)6)47-36(54)24-44-38(56)28-51-18-20-60-21-19-51/h27,29-31,33-34H,10-26,28H2,1-9H3,(H,43,53)(H,44,56)(H,45,59)(H,46,55)(H,47,54)/t31?,33-,34-,42+/m0/s1. The van der Waals surface area contributed by atoms with E-state index in [1.165, 1.54) is 6.92 Å². The van der Waals surface area contributed by atoms with Crippen LogP contribution in [0.3, 0.4) is 0 Å². The Bertz CT molecular complexity index is 1560. The minimum atomic E-state index is -1.59. The van der Waals surface area contributed by atoms with E-state index in [0.717, 1.165) is 25.0 Å². The van der Waals surface area contributed by atoms with Crippen molar-refractivity contribution in [3.63, 3.8) is 0 Å². The Morgan fingerprint density at radius 2 is 1.48 bits per heavy atom. The first-order chi connectivity index (χ1) is 28.8. The quantitative estimate of drug-likeness (QED) is 0.0715. The van der Waals surface area contributed by atoms with E-state index in [0.29, 0.717) is 45.9 Å². The van der Waals surface area contributed by atoms with Crippen molar-refractivity contribution in [1.29, 1.82) is 0 Å². The van der Waals surface area contributed by atoms with Crippen LogP contribution in [0.15, 0.2) is 6.20 Å². The van der Waals surface area contributed by atoms with E-state index in [-0.39, 0.29) is 74.9 Å². The Balaban J connectivity index is 1.85. The average molecular weight is 863 g/mol. The number of ether oxygens (including phenoxy) is 2. The summed E-state index contributed by atoms with van der Waals surface area (Å²) in [6, 6.07) is -1.74. The van der Waals surface area contributed by atoms with Crippen molar-refractivity contribution in [3.8, 4) is 0 Å². The molecule has 1 aromatic rings. The molecule has 61 heavy (non-hydrogen) atoms. The van der Waals surface area contributed by atoms with Gasteiger partial charge in [-0.15, -0.1) is 5.10 Å². The molecular weight excluding hydrogens is 789 g/mol. The largest absolute Gasteiger partial charge is 0.451 e. The monoisotopic (exact) mass is 863 g/mol. The molecule has 5 N–H and O–H groups in total. The summed E-state index contributed by atoms with van der Waals surface area (Å²) < 4.78 is 12.9. The van der Waals surface area contributed by atoms with Crippen molar-refractivity contribution in [2.24, 2.45) is 11.8 Å². The number of hydrogen-bond acceptors (Lipinski definition) is 13. The number of carbonyl (C=O) groups excluding carboxylic acids is 7. The van der Waals surface area contributed by atoms with Gasteiger partial charge in [0.05, 0.1) is 63.2 Å². The second kappa shape index (κ2) is 27.5. The number of hydrogen-bond donors (Lipinski definition) is 5. The van der Waals surface area contributed by atoms with E-state index in [9.17, 15) is 33.6 Å². The van der Waals surface area contributed by atoms with Gasteiger partial charge in [-0.1, -0.05) is 59.6 Å². The van der Waals surface area contributed by atoms with Crippen LogP contribution >= 0.6 is 0 Å². The summed E-state index contributed by atoms with van der Waals surface area (Å²) in [4.78, 5) is 94.8. The van der Waals surface area contributed by atoms with Gasteiger partial charge in [0.2, 0.25) is 29.5 Å². The van der Waals surface area contributed by atoms with Gasteiger partial charge in [-0.3, -0.25) is 43.4 Å². The number of morpholine rings is 1. The Labute approximate surface area is 361 Å². The molecule has 1 aromatic heterocycles. The van der Waals surface area contributed by atoms with Gasteiger partial charge in [-0.25, -0.2) is 4.68 Å². The van der Waals surface area contributed by atoms with E-state index in [1.54, 1.807) is 6.92 Å². The minimum absolute atomic E-state index is 0.0133. The third-order valence-electron chi connectivity index (χ3n) is 10.4. The molecule has 4 atom stereocenters. The number of nitrogens with zero attached hydrogens (tertiary/aromatic N) is 5. The maximum absolute atomic E-state index is 13.9. The van der Waals surface area contributed by atoms with Crippen LogP contribution in [0.1, 0.15) is 118 Å². The lowest BCUT2D eigenvalue weighted by Crippen LogP contribution is -2.55. The molecule has 2 rings (SSSR count). The number of Topliss-reactive ketones (excluding diaryl/α,β-unsaturated/α-hetero) is 1. The fraction of sp³-hybridized carbons (Fsp3) is 0.786. The first kappa shape index (κ1) is 52.6. The highest BCUT2D eigenvalue weighted by atomic mass is 16.6. The van der Waals surface area contributed by atoms with E-state index in [2.05, 4.69) is 50.7 Å². The number of rotatable bonds is 29. The number of nitrogens with one attached hydrogen (secondary N) is 5. The van der Waals surface area contributed by atoms with E-state index >= 15 is 0 Å². The lowest BCUT2D eigenvalue weighted by molar-refractivity contribution is -0.167. The SMILES string of the molecule is CCCCC(C)n1cc(CN(C)CCNC(=O)CCC(=O)O[C@](C)(CC)C(=O)[C@H](CC(C)C)NC(=O)CNC(=O)[C@H](CC(C)C)NC(=O)CNC(=O)CN2CCOCC2)nn1. The van der Waals surface area contributed by atoms with Crippen LogP contribution in [-0.4, -0.2) is 150 Å². The van der Waals surface area contributed by atoms with Gasteiger partial charge in [0, 0.05) is 39.1 Å². The molecule has 0 saturated carbocycles. The van der Waals surface area contributed by atoms with Crippen molar-refractivity contribution in [1.82, 2.24) is 51.4 Å². The van der Waals surface area contributed by atoms with Crippen molar-refractivity contribution >= 4 is 41.3 Å². The molecule has 0 aliphatic carbocycles. The molecule has 346 valence electrons. The minimum Gasteiger partial charge on any atom is -0.451 e. The predicted molar refractivity (Wildman–Crippen MR) is 229 cm³/mol. The Hall–Kier alpha value is -4.49. The van der Waals surface area contributed by atoms with Crippen LogP contribution in [0.5, 0.6) is 0 Å². The van der Waals surface area contributed by atoms with Crippen molar-refractivity contribution in [2.75, 3.05) is 66.1 Å². The molecule has 1 saturated heterocycles. The highest BCUT2D eigenvalue weighted by molar-refractivity contribution is 5.97. The molecule has 2 heterocycles. The third-order valence-corrected chi connectivity index (χ3v) is 10.4. The fourth-order valence-electron chi connectivity index (χ4n) is 6.63. The third kappa shape index (κ3) is 20.8. The highest BCUT2D eigenvalue weighted by Gasteiger charge is 2.41. The molecule has 19 nitrogen and oxygen atoms in total. The lowest BCUT2D eigenvalue weighted by atomic mass is 9.88. The molecule has 1 aliphatic rings. The Morgan fingerprint density at radius 1 is 0.852 bits per heavy atom. The highest BCUT2D eigenvalue weighted by Crippen LogP contribution is 2.23. The van der Waals surface area contributed by atoms with Crippen LogP contribution in [0, 0.1) is 11.8 Å². The maximum Gasteiger partial charge on any atom is 0.307 e. The summed E-state index contributed by atoms with van der Waals surface area (Å²) in [5.41, 5.74) is -0.754. The van der Waals surface area contributed by atoms with Crippen LogP contribution in [-0.2, 0) is 49.6 Å². The molecule has 0 aromatic carbocycles. The maximum atomic E-state index is 13.9. The summed E-state index contributed by atoms with van der Waals surface area (Å²) >= 11 is 0. The summed E-state index contributed by atoms with van der Waals surface area (Å²) in [6.45, 7) is 18.1. The lowest BCUT2D eigenvalue weighted by Gasteiger charge is -2.32. The molecule has 1 unspecified atom stereocenters.